The Morgan fingerprint density at radius 3 is 2.50 bits per heavy atom. The Bertz CT molecular complexity index is 651. The molecule has 120 valence electrons. The molecule has 6 nitrogen and oxygen atoms in total. The molecule has 0 fully saturated rings. The van der Waals surface area contributed by atoms with Crippen LogP contribution in [0.1, 0.15) is 32.1 Å². The van der Waals surface area contributed by atoms with Crippen LogP contribution < -0.4 is 15.8 Å². The number of amides is 2. The van der Waals surface area contributed by atoms with Crippen LogP contribution in [0.2, 0.25) is 0 Å². The number of urea groups is 1. The summed E-state index contributed by atoms with van der Waals surface area (Å²) in [6.45, 7) is 0.590. The molecule has 1 aliphatic carbocycles. The molecular weight excluding hydrogens is 302 g/mol. The summed E-state index contributed by atoms with van der Waals surface area (Å²) in [5.41, 5.74) is 1.92. The summed E-state index contributed by atoms with van der Waals surface area (Å²) in [4.78, 5) is 11.8. The maximum absolute atomic E-state index is 11.8. The topological polar surface area (TPSA) is 101 Å². The number of benzene rings is 1. The maximum Gasteiger partial charge on any atom is 0.319 e. The van der Waals surface area contributed by atoms with E-state index in [9.17, 15) is 13.2 Å². The fourth-order valence-corrected chi connectivity index (χ4v) is 2.89. The van der Waals surface area contributed by atoms with Gasteiger partial charge >= 0.3 is 6.03 Å². The van der Waals surface area contributed by atoms with Gasteiger partial charge in [0.1, 0.15) is 0 Å². The van der Waals surface area contributed by atoms with E-state index in [1.54, 1.807) is 0 Å². The third kappa shape index (κ3) is 5.16. The van der Waals surface area contributed by atoms with Crippen LogP contribution in [-0.4, -0.2) is 21.0 Å². The molecule has 0 aromatic heterocycles. The molecule has 4 N–H and O–H groups in total. The Balaban J connectivity index is 1.78. The Morgan fingerprint density at radius 1 is 1.18 bits per heavy atom. The van der Waals surface area contributed by atoms with Gasteiger partial charge in [0.25, 0.3) is 0 Å². The smallest absolute Gasteiger partial charge is 0.319 e. The predicted molar refractivity (Wildman–Crippen MR) is 86.0 cm³/mol. The zero-order valence-corrected chi connectivity index (χ0v) is 13.2. The van der Waals surface area contributed by atoms with Gasteiger partial charge in [-0.3, -0.25) is 0 Å². The van der Waals surface area contributed by atoms with Crippen LogP contribution in [0, 0.1) is 0 Å². The molecule has 2 rings (SSSR count). The number of anilines is 1. The van der Waals surface area contributed by atoms with Crippen LogP contribution in [-0.2, 0) is 10.0 Å². The zero-order valence-electron chi connectivity index (χ0n) is 12.3. The van der Waals surface area contributed by atoms with Gasteiger partial charge in [0, 0.05) is 12.2 Å². The molecule has 7 heteroatoms. The number of sulfonamides is 1. The summed E-state index contributed by atoms with van der Waals surface area (Å²) in [6.07, 6.45) is 7.88. The molecule has 0 aliphatic heterocycles. The first-order chi connectivity index (χ1) is 10.4. The van der Waals surface area contributed by atoms with Gasteiger partial charge in [-0.2, -0.15) is 0 Å². The van der Waals surface area contributed by atoms with Gasteiger partial charge in [0.05, 0.1) is 4.90 Å². The van der Waals surface area contributed by atoms with Crippen LogP contribution in [0.25, 0.3) is 0 Å². The third-order valence-electron chi connectivity index (χ3n) is 3.56. The lowest BCUT2D eigenvalue weighted by atomic mass is 9.97. The molecule has 22 heavy (non-hydrogen) atoms. The summed E-state index contributed by atoms with van der Waals surface area (Å²) in [6, 6.07) is 5.42. The van der Waals surface area contributed by atoms with E-state index in [1.807, 2.05) is 0 Å². The highest BCUT2D eigenvalue weighted by Gasteiger charge is 2.08. The predicted octanol–water partition coefficient (Wildman–Crippen LogP) is 2.35. The van der Waals surface area contributed by atoms with Crippen molar-refractivity contribution in [1.29, 1.82) is 0 Å². The van der Waals surface area contributed by atoms with Crippen molar-refractivity contribution in [2.75, 3.05) is 11.9 Å². The van der Waals surface area contributed by atoms with Crippen molar-refractivity contribution in [3.8, 4) is 0 Å². The monoisotopic (exact) mass is 323 g/mol. The maximum atomic E-state index is 11.8. The van der Waals surface area contributed by atoms with Crippen LogP contribution in [0.4, 0.5) is 10.5 Å². The minimum Gasteiger partial charge on any atom is -0.338 e. The Labute approximate surface area is 130 Å². The summed E-state index contributed by atoms with van der Waals surface area (Å²) in [7, 11) is -3.71. The second-order valence-corrected chi connectivity index (χ2v) is 6.87. The van der Waals surface area contributed by atoms with Crippen molar-refractivity contribution < 1.29 is 13.2 Å². The Morgan fingerprint density at radius 2 is 1.91 bits per heavy atom. The van der Waals surface area contributed by atoms with Gasteiger partial charge in [-0.05, 0) is 56.4 Å². The van der Waals surface area contributed by atoms with Crippen molar-refractivity contribution >= 4 is 21.7 Å². The van der Waals surface area contributed by atoms with E-state index in [-0.39, 0.29) is 10.9 Å². The fraction of sp³-hybridized carbons (Fsp3) is 0.400. The standard InChI is InChI=1S/C15H21N3O3S/c16-22(20,21)14-8-6-13(7-9-14)18-15(19)17-11-10-12-4-2-1-3-5-12/h4,6-9H,1-3,5,10-11H2,(H2,16,20,21)(H2,17,18,19). The van der Waals surface area contributed by atoms with E-state index >= 15 is 0 Å². The second-order valence-electron chi connectivity index (χ2n) is 5.31. The number of primary sulfonamides is 1. The highest BCUT2D eigenvalue weighted by atomic mass is 32.2. The van der Waals surface area contributed by atoms with Gasteiger partial charge in [-0.25, -0.2) is 18.4 Å². The van der Waals surface area contributed by atoms with E-state index < -0.39 is 10.0 Å². The molecule has 0 saturated carbocycles. The first-order valence-corrected chi connectivity index (χ1v) is 8.85. The summed E-state index contributed by atoms with van der Waals surface area (Å²) in [5.74, 6) is 0. The average molecular weight is 323 g/mol. The molecule has 0 saturated heterocycles. The molecule has 0 radical (unpaired) electrons. The van der Waals surface area contributed by atoms with Crippen LogP contribution in [0.5, 0.6) is 0 Å². The lowest BCUT2D eigenvalue weighted by Gasteiger charge is -2.13. The highest BCUT2D eigenvalue weighted by Crippen LogP contribution is 2.19. The van der Waals surface area contributed by atoms with Crippen LogP contribution >= 0.6 is 0 Å². The largest absolute Gasteiger partial charge is 0.338 e. The SMILES string of the molecule is NS(=O)(=O)c1ccc(NC(=O)NCCC2=CCCCC2)cc1. The zero-order chi connectivity index (χ0) is 16.0. The number of hydrogen-bond acceptors (Lipinski definition) is 3. The first kappa shape index (κ1) is 16.5. The van der Waals surface area contributed by atoms with Crippen molar-refractivity contribution in [3.05, 3.63) is 35.9 Å². The Kier molecular flexibility index (Phi) is 5.57. The summed E-state index contributed by atoms with van der Waals surface area (Å²) >= 11 is 0. The van der Waals surface area contributed by atoms with E-state index in [2.05, 4.69) is 16.7 Å². The second kappa shape index (κ2) is 7.42. The molecule has 1 aromatic carbocycles. The van der Waals surface area contributed by atoms with Gasteiger partial charge in [0.2, 0.25) is 10.0 Å². The number of allylic oxidation sites excluding steroid dienone is 1. The molecule has 0 unspecified atom stereocenters. The highest BCUT2D eigenvalue weighted by molar-refractivity contribution is 7.89. The number of nitrogens with one attached hydrogen (secondary N) is 2. The molecule has 1 aliphatic rings. The van der Waals surface area contributed by atoms with Crippen molar-refractivity contribution in [1.82, 2.24) is 5.32 Å². The number of hydrogen-bond donors (Lipinski definition) is 3. The van der Waals surface area contributed by atoms with Crippen molar-refractivity contribution in [2.45, 2.75) is 37.0 Å². The van der Waals surface area contributed by atoms with E-state index in [1.165, 1.54) is 42.7 Å². The summed E-state index contributed by atoms with van der Waals surface area (Å²) < 4.78 is 22.3. The number of nitrogens with two attached hydrogens (primary N) is 1. The van der Waals surface area contributed by atoms with Gasteiger partial charge in [-0.1, -0.05) is 11.6 Å². The average Bonchev–Trinajstić information content (AvgIpc) is 2.48. The molecule has 0 spiro atoms. The van der Waals surface area contributed by atoms with Gasteiger partial charge in [-0.15, -0.1) is 0 Å². The molecular formula is C15H21N3O3S. The van der Waals surface area contributed by atoms with Crippen LogP contribution in [0.3, 0.4) is 0 Å². The normalized spacial score (nSPS) is 15.0. The van der Waals surface area contributed by atoms with E-state index in [0.29, 0.717) is 12.2 Å². The minimum absolute atomic E-state index is 0.0164. The molecule has 1 aromatic rings. The number of rotatable bonds is 5. The number of carbonyl (C=O) groups is 1. The fourth-order valence-electron chi connectivity index (χ4n) is 2.37. The molecule has 0 heterocycles. The number of carbonyl (C=O) groups excluding carboxylic acids is 1. The van der Waals surface area contributed by atoms with E-state index in [0.717, 1.165) is 19.3 Å². The first-order valence-electron chi connectivity index (χ1n) is 7.31. The summed E-state index contributed by atoms with van der Waals surface area (Å²) in [5, 5.41) is 10.5. The van der Waals surface area contributed by atoms with Gasteiger partial charge in [0.15, 0.2) is 0 Å². The minimum atomic E-state index is -3.71. The molecule has 2 amide bonds. The lowest BCUT2D eigenvalue weighted by molar-refractivity contribution is 0.252. The van der Waals surface area contributed by atoms with E-state index in [4.69, 9.17) is 5.14 Å². The Hall–Kier alpha value is -1.86. The van der Waals surface area contributed by atoms with Gasteiger partial charge < -0.3 is 10.6 Å². The van der Waals surface area contributed by atoms with Crippen molar-refractivity contribution in [2.24, 2.45) is 5.14 Å². The van der Waals surface area contributed by atoms with Crippen molar-refractivity contribution in [3.63, 3.8) is 0 Å². The lowest BCUT2D eigenvalue weighted by Crippen LogP contribution is -2.29. The molecule has 0 atom stereocenters. The molecule has 0 bridgehead atoms. The quantitative estimate of drug-likeness (QED) is 0.725. The van der Waals surface area contributed by atoms with Crippen LogP contribution in [0.15, 0.2) is 40.8 Å². The third-order valence-corrected chi connectivity index (χ3v) is 4.49.